The Bertz CT molecular complexity index is 1090. The lowest BCUT2D eigenvalue weighted by molar-refractivity contribution is -0.135. The van der Waals surface area contributed by atoms with Crippen molar-refractivity contribution in [1.29, 1.82) is 0 Å². The van der Waals surface area contributed by atoms with E-state index in [0.29, 0.717) is 5.91 Å². The Kier molecular flexibility index (Phi) is 8.42. The lowest BCUT2D eigenvalue weighted by atomic mass is 9.85. The largest absolute Gasteiger partial charge is 0.378 e. The average molecular weight is 499 g/mol. The molecule has 0 N–H and O–H groups in total. The van der Waals surface area contributed by atoms with Crippen molar-refractivity contribution in [3.05, 3.63) is 89.5 Å². The number of amides is 1. The third kappa shape index (κ3) is 6.10. The van der Waals surface area contributed by atoms with Gasteiger partial charge < -0.3 is 19.6 Å². The predicted molar refractivity (Wildman–Crippen MR) is 157 cm³/mol. The van der Waals surface area contributed by atoms with Gasteiger partial charge in [-0.3, -0.25) is 4.79 Å². The molecular weight excluding hydrogens is 456 g/mol. The SMILES string of the molecule is CCC(C)C(=O)N1CCN(c2ccc(C(c3ccc(N(C)C)cc3)c3ccc(N(C)C)cc3)cc2)CC1. The summed E-state index contributed by atoms with van der Waals surface area (Å²) in [4.78, 5) is 21.3. The molecule has 1 aliphatic heterocycles. The number of hydrogen-bond donors (Lipinski definition) is 0. The Balaban J connectivity index is 1.56. The Hall–Kier alpha value is -3.47. The highest BCUT2D eigenvalue weighted by Gasteiger charge is 2.24. The lowest BCUT2D eigenvalue weighted by Crippen LogP contribution is -2.50. The molecule has 4 rings (SSSR count). The minimum absolute atomic E-state index is 0.112. The van der Waals surface area contributed by atoms with Crippen LogP contribution in [0.2, 0.25) is 0 Å². The van der Waals surface area contributed by atoms with Gasteiger partial charge in [0, 0.05) is 83.3 Å². The summed E-state index contributed by atoms with van der Waals surface area (Å²) >= 11 is 0. The molecule has 0 bridgehead atoms. The maximum atomic E-state index is 12.6. The molecule has 1 amide bonds. The number of anilines is 3. The fraction of sp³-hybridized carbons (Fsp3) is 0.406. The molecular formula is C32H42N4O. The second kappa shape index (κ2) is 11.7. The third-order valence-electron chi connectivity index (χ3n) is 7.70. The first-order valence-corrected chi connectivity index (χ1v) is 13.5. The van der Waals surface area contributed by atoms with Gasteiger partial charge in [-0.05, 0) is 59.5 Å². The van der Waals surface area contributed by atoms with Crippen molar-refractivity contribution < 1.29 is 4.79 Å². The fourth-order valence-corrected chi connectivity index (χ4v) is 5.06. The first kappa shape index (κ1) is 26.6. The van der Waals surface area contributed by atoms with E-state index < -0.39 is 0 Å². The van der Waals surface area contributed by atoms with E-state index >= 15 is 0 Å². The summed E-state index contributed by atoms with van der Waals surface area (Å²) in [6.07, 6.45) is 0.900. The van der Waals surface area contributed by atoms with Gasteiger partial charge >= 0.3 is 0 Å². The number of carbonyl (C=O) groups is 1. The molecule has 0 aliphatic carbocycles. The van der Waals surface area contributed by atoms with Crippen LogP contribution in [0, 0.1) is 5.92 Å². The number of carbonyl (C=O) groups excluding carboxylic acids is 1. The van der Waals surface area contributed by atoms with Gasteiger partial charge in [-0.2, -0.15) is 0 Å². The average Bonchev–Trinajstić information content (AvgIpc) is 2.93. The highest BCUT2D eigenvalue weighted by molar-refractivity contribution is 5.78. The van der Waals surface area contributed by atoms with Crippen molar-refractivity contribution >= 4 is 23.0 Å². The van der Waals surface area contributed by atoms with Gasteiger partial charge in [-0.1, -0.05) is 50.2 Å². The Morgan fingerprint density at radius 2 is 1.11 bits per heavy atom. The van der Waals surface area contributed by atoms with Crippen LogP contribution in [0.25, 0.3) is 0 Å². The summed E-state index contributed by atoms with van der Waals surface area (Å²) in [5.74, 6) is 0.564. The highest BCUT2D eigenvalue weighted by atomic mass is 16.2. The summed E-state index contributed by atoms with van der Waals surface area (Å²) < 4.78 is 0. The van der Waals surface area contributed by atoms with E-state index in [1.807, 2.05) is 11.8 Å². The molecule has 1 aliphatic rings. The molecule has 3 aromatic carbocycles. The maximum Gasteiger partial charge on any atom is 0.225 e. The van der Waals surface area contributed by atoms with Crippen LogP contribution in [0.15, 0.2) is 72.8 Å². The van der Waals surface area contributed by atoms with Gasteiger partial charge in [0.2, 0.25) is 5.91 Å². The minimum Gasteiger partial charge on any atom is -0.378 e. The van der Waals surface area contributed by atoms with Gasteiger partial charge in [0.05, 0.1) is 0 Å². The summed E-state index contributed by atoms with van der Waals surface area (Å²) in [5.41, 5.74) is 7.48. The first-order chi connectivity index (χ1) is 17.8. The number of nitrogens with zero attached hydrogens (tertiary/aromatic N) is 4. The van der Waals surface area contributed by atoms with Crippen LogP contribution in [0.1, 0.15) is 42.9 Å². The molecule has 1 saturated heterocycles. The van der Waals surface area contributed by atoms with Crippen LogP contribution in [0.3, 0.4) is 0 Å². The van der Waals surface area contributed by atoms with Crippen LogP contribution in [0.4, 0.5) is 17.1 Å². The van der Waals surface area contributed by atoms with Gasteiger partial charge in [-0.15, -0.1) is 0 Å². The number of hydrogen-bond acceptors (Lipinski definition) is 4. The van der Waals surface area contributed by atoms with Gasteiger partial charge in [0.15, 0.2) is 0 Å². The molecule has 5 heteroatoms. The Labute approximate surface area is 223 Å². The molecule has 0 radical (unpaired) electrons. The molecule has 0 spiro atoms. The van der Waals surface area contributed by atoms with Crippen molar-refractivity contribution in [1.82, 2.24) is 4.90 Å². The molecule has 196 valence electrons. The van der Waals surface area contributed by atoms with Gasteiger partial charge in [0.25, 0.3) is 0 Å². The zero-order valence-corrected chi connectivity index (χ0v) is 23.3. The summed E-state index contributed by atoms with van der Waals surface area (Å²) in [5, 5.41) is 0. The second-order valence-electron chi connectivity index (χ2n) is 10.6. The molecule has 0 saturated carbocycles. The smallest absolute Gasteiger partial charge is 0.225 e. The van der Waals surface area contributed by atoms with Crippen molar-refractivity contribution in [3.63, 3.8) is 0 Å². The van der Waals surface area contributed by atoms with E-state index in [4.69, 9.17) is 0 Å². The van der Waals surface area contributed by atoms with Crippen LogP contribution in [-0.2, 0) is 4.79 Å². The van der Waals surface area contributed by atoms with E-state index in [1.54, 1.807) is 0 Å². The van der Waals surface area contributed by atoms with Gasteiger partial charge in [0.1, 0.15) is 0 Å². The van der Waals surface area contributed by atoms with Crippen molar-refractivity contribution in [2.24, 2.45) is 5.92 Å². The lowest BCUT2D eigenvalue weighted by Gasteiger charge is -2.37. The Morgan fingerprint density at radius 1 is 0.703 bits per heavy atom. The topological polar surface area (TPSA) is 30.0 Å². The standard InChI is InChI=1S/C32H42N4O/c1-7-24(2)32(37)36-22-20-35(21-23-36)30-18-12-27(13-19-30)31(25-8-14-28(15-9-25)33(3)4)26-10-16-29(17-11-26)34(5)6/h8-19,24,31H,7,20-23H2,1-6H3. The summed E-state index contributed by atoms with van der Waals surface area (Å²) in [6.45, 7) is 7.46. The molecule has 3 aromatic rings. The number of rotatable bonds is 8. The zero-order chi connectivity index (χ0) is 26.5. The normalized spacial score (nSPS) is 14.6. The monoisotopic (exact) mass is 498 g/mol. The third-order valence-corrected chi connectivity index (χ3v) is 7.70. The fourth-order valence-electron chi connectivity index (χ4n) is 5.06. The van der Waals surface area contributed by atoms with Gasteiger partial charge in [-0.25, -0.2) is 0 Å². The predicted octanol–water partition coefficient (Wildman–Crippen LogP) is 5.69. The van der Waals surface area contributed by atoms with E-state index in [9.17, 15) is 4.79 Å². The van der Waals surface area contributed by atoms with E-state index in [1.165, 1.54) is 33.8 Å². The maximum absolute atomic E-state index is 12.6. The first-order valence-electron chi connectivity index (χ1n) is 13.5. The number of piperazine rings is 1. The van der Waals surface area contributed by atoms with E-state index in [2.05, 4.69) is 123 Å². The minimum atomic E-state index is 0.112. The molecule has 1 heterocycles. The molecule has 1 unspecified atom stereocenters. The Morgan fingerprint density at radius 3 is 1.49 bits per heavy atom. The van der Waals surface area contributed by atoms with Crippen LogP contribution in [-0.4, -0.2) is 65.2 Å². The molecule has 37 heavy (non-hydrogen) atoms. The quantitative estimate of drug-likeness (QED) is 0.373. The van der Waals surface area contributed by atoms with Crippen molar-refractivity contribution in [3.8, 4) is 0 Å². The number of benzene rings is 3. The zero-order valence-electron chi connectivity index (χ0n) is 23.3. The molecule has 5 nitrogen and oxygen atoms in total. The van der Waals surface area contributed by atoms with Crippen LogP contribution in [0.5, 0.6) is 0 Å². The van der Waals surface area contributed by atoms with Crippen LogP contribution >= 0.6 is 0 Å². The highest BCUT2D eigenvalue weighted by Crippen LogP contribution is 2.35. The van der Waals surface area contributed by atoms with Crippen molar-refractivity contribution in [2.45, 2.75) is 26.2 Å². The molecule has 1 fully saturated rings. The summed E-state index contributed by atoms with van der Waals surface area (Å²) in [6, 6.07) is 26.8. The van der Waals surface area contributed by atoms with E-state index in [0.717, 1.165) is 32.6 Å². The molecule has 0 aromatic heterocycles. The van der Waals surface area contributed by atoms with E-state index in [-0.39, 0.29) is 11.8 Å². The van der Waals surface area contributed by atoms with Crippen molar-refractivity contribution in [2.75, 3.05) is 69.1 Å². The van der Waals surface area contributed by atoms with Crippen LogP contribution < -0.4 is 14.7 Å². The second-order valence-corrected chi connectivity index (χ2v) is 10.6. The summed E-state index contributed by atoms with van der Waals surface area (Å²) in [7, 11) is 8.30. The molecule has 1 atom stereocenters.